The molecule has 1 aromatic heterocycles. The van der Waals surface area contributed by atoms with Gasteiger partial charge in [0.1, 0.15) is 0 Å². The van der Waals surface area contributed by atoms with Crippen LogP contribution in [0.2, 0.25) is 0 Å². The highest BCUT2D eigenvalue weighted by molar-refractivity contribution is 14.1. The molecule has 2 heterocycles. The van der Waals surface area contributed by atoms with E-state index in [-0.39, 0.29) is 0 Å². The summed E-state index contributed by atoms with van der Waals surface area (Å²) in [5.74, 6) is 0. The zero-order chi connectivity index (χ0) is 16.7. The Morgan fingerprint density at radius 2 is 1.79 bits per heavy atom. The van der Waals surface area contributed by atoms with Crippen LogP contribution in [0.25, 0.3) is 10.1 Å². The summed E-state index contributed by atoms with van der Waals surface area (Å²) in [7, 11) is 0. The summed E-state index contributed by atoms with van der Waals surface area (Å²) in [4.78, 5) is 6.60. The topological polar surface area (TPSA) is 6.48 Å². The van der Waals surface area contributed by atoms with Gasteiger partial charge in [-0.3, -0.25) is 4.90 Å². The molecule has 0 amide bonds. The van der Waals surface area contributed by atoms with Crippen molar-refractivity contribution in [3.63, 3.8) is 0 Å². The fourth-order valence-electron chi connectivity index (χ4n) is 3.40. The van der Waals surface area contributed by atoms with E-state index in [9.17, 15) is 0 Å². The predicted molar refractivity (Wildman–Crippen MR) is 121 cm³/mol. The lowest BCUT2D eigenvalue weighted by Crippen LogP contribution is -2.36. The highest BCUT2D eigenvalue weighted by Crippen LogP contribution is 2.34. The zero-order valence-electron chi connectivity index (χ0n) is 13.4. The Morgan fingerprint density at radius 3 is 2.54 bits per heavy atom. The van der Waals surface area contributed by atoms with Gasteiger partial charge in [0, 0.05) is 36.4 Å². The third kappa shape index (κ3) is 3.20. The molecule has 3 aromatic rings. The molecule has 4 rings (SSSR count). The largest absolute Gasteiger partial charge is 0.353 e. The van der Waals surface area contributed by atoms with E-state index in [0.29, 0.717) is 6.17 Å². The summed E-state index contributed by atoms with van der Waals surface area (Å²) in [6.07, 6.45) is 0.430. The van der Waals surface area contributed by atoms with E-state index in [1.54, 1.807) is 0 Å². The molecular formula is C19H18I2N2S. The number of hydrogen-bond acceptors (Lipinski definition) is 3. The van der Waals surface area contributed by atoms with Gasteiger partial charge in [0.2, 0.25) is 0 Å². The van der Waals surface area contributed by atoms with Crippen molar-refractivity contribution in [1.29, 1.82) is 0 Å². The lowest BCUT2D eigenvalue weighted by Gasteiger charge is -2.29. The van der Waals surface area contributed by atoms with E-state index in [1.165, 1.54) is 27.8 Å². The van der Waals surface area contributed by atoms with Gasteiger partial charge in [-0.15, -0.1) is 11.3 Å². The SMILES string of the molecule is CC1N(Cc2cc3ccccc3s2)CCN1c1c(I)cccc1I. The molecule has 5 heteroatoms. The smallest absolute Gasteiger partial charge is 0.0797 e. The molecule has 0 radical (unpaired) electrons. The number of para-hydroxylation sites is 1. The molecule has 0 N–H and O–H groups in total. The second-order valence-electron chi connectivity index (χ2n) is 6.12. The van der Waals surface area contributed by atoms with Gasteiger partial charge in [-0.25, -0.2) is 0 Å². The van der Waals surface area contributed by atoms with Gasteiger partial charge in [-0.2, -0.15) is 0 Å². The number of benzene rings is 2. The van der Waals surface area contributed by atoms with Gasteiger partial charge in [0.15, 0.2) is 0 Å². The van der Waals surface area contributed by atoms with Crippen LogP contribution >= 0.6 is 56.5 Å². The van der Waals surface area contributed by atoms with Crippen molar-refractivity contribution in [2.45, 2.75) is 19.6 Å². The van der Waals surface area contributed by atoms with Gasteiger partial charge >= 0.3 is 0 Å². The average Bonchev–Trinajstić information content (AvgIpc) is 3.12. The quantitative estimate of drug-likeness (QED) is 0.375. The van der Waals surface area contributed by atoms with Gasteiger partial charge in [0.25, 0.3) is 0 Å². The van der Waals surface area contributed by atoms with Crippen LogP contribution in [0.4, 0.5) is 5.69 Å². The molecule has 0 bridgehead atoms. The van der Waals surface area contributed by atoms with Crippen LogP contribution in [0.3, 0.4) is 0 Å². The van der Waals surface area contributed by atoms with Crippen LogP contribution in [0.15, 0.2) is 48.5 Å². The van der Waals surface area contributed by atoms with E-state index in [4.69, 9.17) is 0 Å². The Morgan fingerprint density at radius 1 is 1.04 bits per heavy atom. The van der Waals surface area contributed by atoms with Gasteiger partial charge < -0.3 is 4.90 Å². The standard InChI is InChI=1S/C19H18I2N2S/c1-13-22(12-15-11-14-5-2-3-8-18(14)24-15)9-10-23(13)19-16(20)6-4-7-17(19)21/h2-8,11,13H,9-10,12H2,1H3. The van der Waals surface area contributed by atoms with E-state index < -0.39 is 0 Å². The fourth-order valence-corrected chi connectivity index (χ4v) is 6.62. The first kappa shape index (κ1) is 17.1. The van der Waals surface area contributed by atoms with Crippen molar-refractivity contribution >= 4 is 72.3 Å². The second-order valence-corrected chi connectivity index (χ2v) is 9.61. The van der Waals surface area contributed by atoms with Crippen LogP contribution in [0, 0.1) is 7.14 Å². The van der Waals surface area contributed by atoms with Crippen LogP contribution in [-0.2, 0) is 6.54 Å². The van der Waals surface area contributed by atoms with Crippen molar-refractivity contribution < 1.29 is 0 Å². The third-order valence-corrected chi connectivity index (χ3v) is 7.51. The van der Waals surface area contributed by atoms with Crippen molar-refractivity contribution in [1.82, 2.24) is 4.90 Å². The molecule has 2 nitrogen and oxygen atoms in total. The minimum absolute atomic E-state index is 0.430. The predicted octanol–water partition coefficient (Wildman–Crippen LogP) is 5.78. The lowest BCUT2D eigenvalue weighted by molar-refractivity contribution is 0.264. The highest BCUT2D eigenvalue weighted by atomic mass is 127. The molecule has 0 saturated carbocycles. The Hall–Kier alpha value is -0.380. The molecule has 1 fully saturated rings. The van der Waals surface area contributed by atoms with Crippen molar-refractivity contribution in [3.05, 3.63) is 60.5 Å². The summed E-state index contributed by atoms with van der Waals surface area (Å²) >= 11 is 6.85. The van der Waals surface area contributed by atoms with Crippen molar-refractivity contribution in [3.8, 4) is 0 Å². The molecule has 1 aliphatic rings. The molecule has 0 spiro atoms. The molecule has 1 unspecified atom stereocenters. The first-order valence-electron chi connectivity index (χ1n) is 8.05. The van der Waals surface area contributed by atoms with Gasteiger partial charge in [-0.05, 0) is 81.8 Å². The number of nitrogens with zero attached hydrogens (tertiary/aromatic N) is 2. The first-order valence-corrected chi connectivity index (χ1v) is 11.0. The normalized spacial score (nSPS) is 18.6. The number of thiophene rings is 1. The number of fused-ring (bicyclic) bond motifs is 1. The van der Waals surface area contributed by atoms with Crippen molar-refractivity contribution in [2.75, 3.05) is 18.0 Å². The zero-order valence-corrected chi connectivity index (χ0v) is 18.5. The molecule has 2 aromatic carbocycles. The number of hydrogen-bond donors (Lipinski definition) is 0. The van der Waals surface area contributed by atoms with Gasteiger partial charge in [-0.1, -0.05) is 24.3 Å². The Bertz CT molecular complexity index is 823. The molecular weight excluding hydrogens is 542 g/mol. The molecule has 24 heavy (non-hydrogen) atoms. The maximum absolute atomic E-state index is 2.59. The molecule has 1 aliphatic heterocycles. The molecule has 124 valence electrons. The maximum Gasteiger partial charge on any atom is 0.0797 e. The van der Waals surface area contributed by atoms with Crippen LogP contribution in [0.1, 0.15) is 11.8 Å². The molecule has 0 aliphatic carbocycles. The van der Waals surface area contributed by atoms with Crippen molar-refractivity contribution in [2.24, 2.45) is 0 Å². The average molecular weight is 560 g/mol. The van der Waals surface area contributed by atoms with E-state index in [0.717, 1.165) is 19.6 Å². The number of halogens is 2. The number of anilines is 1. The minimum Gasteiger partial charge on any atom is -0.353 e. The highest BCUT2D eigenvalue weighted by Gasteiger charge is 2.30. The lowest BCUT2D eigenvalue weighted by atomic mass is 10.2. The van der Waals surface area contributed by atoms with E-state index in [1.807, 2.05) is 11.3 Å². The Labute approximate surface area is 174 Å². The molecule has 1 saturated heterocycles. The minimum atomic E-state index is 0.430. The monoisotopic (exact) mass is 560 g/mol. The number of rotatable bonds is 3. The van der Waals surface area contributed by atoms with Gasteiger partial charge in [0.05, 0.1) is 11.9 Å². The van der Waals surface area contributed by atoms with E-state index >= 15 is 0 Å². The Kier molecular flexibility index (Phi) is 5.04. The maximum atomic E-state index is 2.59. The summed E-state index contributed by atoms with van der Waals surface area (Å²) < 4.78 is 4.08. The third-order valence-electron chi connectivity index (χ3n) is 4.67. The van der Waals surface area contributed by atoms with E-state index in [2.05, 4.69) is 110 Å². The first-order chi connectivity index (χ1) is 11.6. The van der Waals surface area contributed by atoms with Crippen LogP contribution in [-0.4, -0.2) is 24.2 Å². The fraction of sp³-hybridized carbons (Fsp3) is 0.263. The second kappa shape index (κ2) is 7.09. The van der Waals surface area contributed by atoms with Crippen LogP contribution in [0.5, 0.6) is 0 Å². The summed E-state index contributed by atoms with van der Waals surface area (Å²) in [6.45, 7) is 5.59. The summed E-state index contributed by atoms with van der Waals surface area (Å²) in [5, 5.41) is 1.37. The van der Waals surface area contributed by atoms with Crippen LogP contribution < -0.4 is 4.90 Å². The summed E-state index contributed by atoms with van der Waals surface area (Å²) in [6, 6.07) is 17.6. The Balaban J connectivity index is 1.56. The summed E-state index contributed by atoms with van der Waals surface area (Å²) in [5.41, 5.74) is 1.39. The molecule has 1 atom stereocenters.